The van der Waals surface area contributed by atoms with Gasteiger partial charge in [0.15, 0.2) is 4.67 Å². The number of aliphatic hydroxyl groups is 1. The quantitative estimate of drug-likeness (QED) is 0.859. The maximum Gasteiger partial charge on any atom is 0.245 e. The van der Waals surface area contributed by atoms with Gasteiger partial charge in [0, 0.05) is 12.1 Å². The van der Waals surface area contributed by atoms with Crippen LogP contribution in [-0.4, -0.2) is 19.6 Å². The molecule has 5 nitrogen and oxygen atoms in total. The van der Waals surface area contributed by atoms with Crippen LogP contribution in [0.2, 0.25) is 0 Å². The van der Waals surface area contributed by atoms with E-state index in [1.54, 1.807) is 0 Å². The van der Waals surface area contributed by atoms with Crippen LogP contribution < -0.4 is 4.72 Å². The highest BCUT2D eigenvalue weighted by atomic mass is 79.9. The van der Waals surface area contributed by atoms with E-state index < -0.39 is 10.0 Å². The lowest BCUT2D eigenvalue weighted by atomic mass is 9.75. The second-order valence-corrected chi connectivity index (χ2v) is 8.49. The molecule has 2 N–H and O–H groups in total. The Bertz CT molecular complexity index is 579. The second-order valence-electron chi connectivity index (χ2n) is 6.09. The van der Waals surface area contributed by atoms with Crippen molar-refractivity contribution in [1.82, 2.24) is 4.72 Å². The maximum atomic E-state index is 12.4. The number of sulfonamides is 1. The van der Waals surface area contributed by atoms with E-state index in [9.17, 15) is 8.42 Å². The Balaban J connectivity index is 2.16. The molecule has 7 heteroatoms. The zero-order valence-corrected chi connectivity index (χ0v) is 14.1. The highest BCUT2D eigenvalue weighted by molar-refractivity contribution is 9.10. The molecule has 0 aliphatic heterocycles. The first kappa shape index (κ1) is 16.0. The predicted molar refractivity (Wildman–Crippen MR) is 78.7 cm³/mol. The average Bonchev–Trinajstić information content (AvgIpc) is 2.69. The van der Waals surface area contributed by atoms with Crippen LogP contribution in [0.5, 0.6) is 0 Å². The lowest BCUT2D eigenvalue weighted by Gasteiger charge is -2.35. The third kappa shape index (κ3) is 3.63. The van der Waals surface area contributed by atoms with Crippen LogP contribution in [0.3, 0.4) is 0 Å². The van der Waals surface area contributed by atoms with Gasteiger partial charge in [-0.15, -0.1) is 0 Å². The van der Waals surface area contributed by atoms with Crippen molar-refractivity contribution in [3.8, 4) is 0 Å². The lowest BCUT2D eigenvalue weighted by Crippen LogP contribution is -2.40. The minimum absolute atomic E-state index is 0.0462. The van der Waals surface area contributed by atoms with E-state index in [4.69, 9.17) is 9.52 Å². The van der Waals surface area contributed by atoms with Gasteiger partial charge in [-0.05, 0) is 40.6 Å². The van der Waals surface area contributed by atoms with Crippen LogP contribution in [0.1, 0.15) is 45.3 Å². The highest BCUT2D eigenvalue weighted by Gasteiger charge is 2.32. The van der Waals surface area contributed by atoms with E-state index in [-0.39, 0.29) is 33.4 Å². The fourth-order valence-electron chi connectivity index (χ4n) is 2.74. The molecule has 1 aromatic rings. The summed E-state index contributed by atoms with van der Waals surface area (Å²) in [4.78, 5) is 0.0462. The SMILES string of the molecule is CC1(C)CCCC(NS(=O)(=O)c2cc(CO)oc2Br)C1. The Labute approximate surface area is 127 Å². The summed E-state index contributed by atoms with van der Waals surface area (Å²) in [7, 11) is -3.63. The molecule has 1 saturated carbocycles. The number of halogens is 1. The maximum absolute atomic E-state index is 12.4. The summed E-state index contributed by atoms with van der Waals surface area (Å²) < 4.78 is 32.8. The van der Waals surface area contributed by atoms with E-state index in [0.29, 0.717) is 0 Å². The highest BCUT2D eigenvalue weighted by Crippen LogP contribution is 2.36. The van der Waals surface area contributed by atoms with E-state index in [1.165, 1.54) is 6.07 Å². The summed E-state index contributed by atoms with van der Waals surface area (Å²) in [6, 6.07) is 1.29. The average molecular weight is 366 g/mol. The summed E-state index contributed by atoms with van der Waals surface area (Å²) in [5.41, 5.74) is 0.162. The van der Waals surface area contributed by atoms with Gasteiger partial charge in [0.1, 0.15) is 17.3 Å². The van der Waals surface area contributed by atoms with Gasteiger partial charge in [-0.2, -0.15) is 0 Å². The van der Waals surface area contributed by atoms with Crippen molar-refractivity contribution in [3.05, 3.63) is 16.5 Å². The monoisotopic (exact) mass is 365 g/mol. The summed E-state index contributed by atoms with van der Waals surface area (Å²) >= 11 is 3.08. The Morgan fingerprint density at radius 3 is 2.80 bits per heavy atom. The van der Waals surface area contributed by atoms with Gasteiger partial charge >= 0.3 is 0 Å². The molecule has 0 saturated heterocycles. The van der Waals surface area contributed by atoms with Crippen LogP contribution in [0.15, 0.2) is 20.0 Å². The number of hydrogen-bond acceptors (Lipinski definition) is 4. The van der Waals surface area contributed by atoms with Crippen LogP contribution in [0.4, 0.5) is 0 Å². The van der Waals surface area contributed by atoms with Crippen LogP contribution in [-0.2, 0) is 16.6 Å². The van der Waals surface area contributed by atoms with Crippen molar-refractivity contribution in [3.63, 3.8) is 0 Å². The van der Waals surface area contributed by atoms with Gasteiger partial charge in [0.05, 0.1) is 0 Å². The Kier molecular flexibility index (Phi) is 4.63. The van der Waals surface area contributed by atoms with Crippen molar-refractivity contribution in [1.29, 1.82) is 0 Å². The van der Waals surface area contributed by atoms with Gasteiger partial charge in [-0.1, -0.05) is 20.3 Å². The van der Waals surface area contributed by atoms with Gasteiger partial charge in [-0.3, -0.25) is 0 Å². The van der Waals surface area contributed by atoms with Gasteiger partial charge in [-0.25, -0.2) is 13.1 Å². The molecule has 1 aliphatic carbocycles. The molecular weight excluding hydrogens is 346 g/mol. The van der Waals surface area contributed by atoms with Gasteiger partial charge in [0.2, 0.25) is 10.0 Å². The number of furan rings is 1. The van der Waals surface area contributed by atoms with E-state index >= 15 is 0 Å². The molecule has 1 aromatic heterocycles. The second kappa shape index (κ2) is 5.79. The Hall–Kier alpha value is -0.370. The van der Waals surface area contributed by atoms with Gasteiger partial charge in [0.25, 0.3) is 0 Å². The summed E-state index contributed by atoms with van der Waals surface area (Å²) in [6.45, 7) is 3.99. The standard InChI is InChI=1S/C13H20BrNO4S/c1-13(2)5-3-4-9(7-13)15-20(17,18)11-6-10(8-16)19-12(11)14/h6,9,15-16H,3-5,7-8H2,1-2H3. The van der Waals surface area contributed by atoms with Crippen LogP contribution in [0, 0.1) is 5.41 Å². The van der Waals surface area contributed by atoms with Gasteiger partial charge < -0.3 is 9.52 Å². The molecule has 2 rings (SSSR count). The fraction of sp³-hybridized carbons (Fsp3) is 0.692. The van der Waals surface area contributed by atoms with E-state index in [0.717, 1.165) is 25.7 Å². The molecule has 0 aromatic carbocycles. The number of rotatable bonds is 4. The molecule has 114 valence electrons. The normalized spacial score (nSPS) is 22.9. The minimum Gasteiger partial charge on any atom is -0.450 e. The third-order valence-corrected chi connectivity index (χ3v) is 6.06. The molecule has 1 heterocycles. The summed E-state index contributed by atoms with van der Waals surface area (Å²) in [6.07, 6.45) is 3.82. The van der Waals surface area contributed by atoms with Crippen molar-refractivity contribution in [2.75, 3.05) is 0 Å². The fourth-order valence-corrected chi connectivity index (χ4v) is 5.01. The smallest absolute Gasteiger partial charge is 0.245 e. The zero-order valence-electron chi connectivity index (χ0n) is 11.6. The third-order valence-electron chi connectivity index (χ3n) is 3.68. The zero-order chi connectivity index (χ0) is 15.0. The predicted octanol–water partition coefficient (Wildman–Crippen LogP) is 2.78. The molecule has 0 bridgehead atoms. The molecule has 0 amide bonds. The summed E-state index contributed by atoms with van der Waals surface area (Å²) in [5.74, 6) is 0.223. The summed E-state index contributed by atoms with van der Waals surface area (Å²) in [5, 5.41) is 9.00. The first-order valence-corrected chi connectivity index (χ1v) is 8.92. The van der Waals surface area contributed by atoms with Crippen molar-refractivity contribution < 1.29 is 17.9 Å². The molecule has 1 aliphatic rings. The molecule has 1 atom stereocenters. The van der Waals surface area contributed by atoms with Crippen LogP contribution in [0.25, 0.3) is 0 Å². The topological polar surface area (TPSA) is 79.5 Å². The van der Waals surface area contributed by atoms with Crippen molar-refractivity contribution in [2.45, 2.75) is 57.1 Å². The molecule has 1 fully saturated rings. The van der Waals surface area contributed by atoms with E-state index in [1.807, 2.05) is 0 Å². The molecule has 0 radical (unpaired) electrons. The minimum atomic E-state index is -3.63. The molecule has 20 heavy (non-hydrogen) atoms. The lowest BCUT2D eigenvalue weighted by molar-refractivity contribution is 0.212. The van der Waals surface area contributed by atoms with Crippen molar-refractivity contribution >= 4 is 26.0 Å². The largest absolute Gasteiger partial charge is 0.450 e. The van der Waals surface area contributed by atoms with E-state index in [2.05, 4.69) is 34.5 Å². The van der Waals surface area contributed by atoms with Crippen molar-refractivity contribution in [2.24, 2.45) is 5.41 Å². The Morgan fingerprint density at radius 1 is 1.55 bits per heavy atom. The number of hydrogen-bond donors (Lipinski definition) is 2. The van der Waals surface area contributed by atoms with Crippen LogP contribution >= 0.6 is 15.9 Å². The number of nitrogens with one attached hydrogen (secondary N) is 1. The molecule has 1 unspecified atom stereocenters. The molecule has 0 spiro atoms. The number of aliphatic hydroxyl groups excluding tert-OH is 1. The molecular formula is C13H20BrNO4S. The Morgan fingerprint density at radius 2 is 2.25 bits per heavy atom. The first-order valence-electron chi connectivity index (χ1n) is 6.65. The first-order chi connectivity index (χ1) is 9.23.